The van der Waals surface area contributed by atoms with Crippen molar-refractivity contribution in [1.29, 1.82) is 0 Å². The van der Waals surface area contributed by atoms with E-state index in [9.17, 15) is 0 Å². The molecule has 84 valence electrons. The molecule has 1 heterocycles. The van der Waals surface area contributed by atoms with E-state index in [0.29, 0.717) is 6.04 Å². The van der Waals surface area contributed by atoms with Gasteiger partial charge in [0.15, 0.2) is 0 Å². The summed E-state index contributed by atoms with van der Waals surface area (Å²) in [5.74, 6) is 0. The first-order chi connectivity index (χ1) is 7.90. The van der Waals surface area contributed by atoms with E-state index in [4.69, 9.17) is 5.53 Å². The van der Waals surface area contributed by atoms with Crippen LogP contribution in [0.1, 0.15) is 30.9 Å². The molecule has 16 heavy (non-hydrogen) atoms. The molecule has 1 saturated heterocycles. The van der Waals surface area contributed by atoms with Crippen LogP contribution in [-0.4, -0.2) is 12.6 Å². The highest BCUT2D eigenvalue weighted by Gasteiger charge is 2.17. The summed E-state index contributed by atoms with van der Waals surface area (Å²) in [6, 6.07) is 11.0. The van der Waals surface area contributed by atoms with Gasteiger partial charge in [0, 0.05) is 23.5 Å². The molecule has 1 N–H and O–H groups in total. The van der Waals surface area contributed by atoms with Crippen molar-refractivity contribution in [2.24, 2.45) is 5.11 Å². The molecule has 1 aromatic carbocycles. The minimum atomic E-state index is 0.110. The predicted octanol–water partition coefficient (Wildman–Crippen LogP) is 3.18. The van der Waals surface area contributed by atoms with Gasteiger partial charge in [0.25, 0.3) is 0 Å². The Bertz CT molecular complexity index is 370. The summed E-state index contributed by atoms with van der Waals surface area (Å²) in [5.41, 5.74) is 9.75. The number of azide groups is 1. The SMILES string of the molecule is [N-]=[N+]=N[C@H]1CCC[C@@H](c2ccccc2)NC1. The third-order valence-electron chi connectivity index (χ3n) is 3.05. The molecule has 0 amide bonds. The van der Waals surface area contributed by atoms with Gasteiger partial charge in [-0.25, -0.2) is 0 Å². The Morgan fingerprint density at radius 2 is 2.06 bits per heavy atom. The molecule has 1 fully saturated rings. The molecule has 4 heteroatoms. The zero-order valence-corrected chi connectivity index (χ0v) is 9.21. The van der Waals surface area contributed by atoms with Crippen LogP contribution in [0.3, 0.4) is 0 Å². The maximum absolute atomic E-state index is 8.42. The Kier molecular flexibility index (Phi) is 3.81. The highest BCUT2D eigenvalue weighted by Crippen LogP contribution is 2.23. The number of rotatable bonds is 2. The third-order valence-corrected chi connectivity index (χ3v) is 3.05. The van der Waals surface area contributed by atoms with Gasteiger partial charge in [-0.1, -0.05) is 41.9 Å². The van der Waals surface area contributed by atoms with E-state index in [1.165, 1.54) is 5.56 Å². The Hall–Kier alpha value is -1.51. The topological polar surface area (TPSA) is 60.8 Å². The monoisotopic (exact) mass is 216 g/mol. The van der Waals surface area contributed by atoms with Crippen molar-refractivity contribution in [3.05, 3.63) is 46.3 Å². The van der Waals surface area contributed by atoms with Crippen LogP contribution in [0.2, 0.25) is 0 Å². The zero-order valence-electron chi connectivity index (χ0n) is 9.21. The van der Waals surface area contributed by atoms with Crippen LogP contribution >= 0.6 is 0 Å². The lowest BCUT2D eigenvalue weighted by molar-refractivity contribution is 0.525. The third kappa shape index (κ3) is 2.75. The Balaban J connectivity index is 2.01. The van der Waals surface area contributed by atoms with Crippen molar-refractivity contribution in [1.82, 2.24) is 5.32 Å². The maximum atomic E-state index is 8.42. The predicted molar refractivity (Wildman–Crippen MR) is 64.0 cm³/mol. The number of hydrogen-bond acceptors (Lipinski definition) is 2. The van der Waals surface area contributed by atoms with Crippen molar-refractivity contribution in [2.75, 3.05) is 6.54 Å². The van der Waals surface area contributed by atoms with Crippen LogP contribution in [0.25, 0.3) is 10.4 Å². The van der Waals surface area contributed by atoms with Crippen molar-refractivity contribution >= 4 is 0 Å². The van der Waals surface area contributed by atoms with E-state index in [1.54, 1.807) is 0 Å². The zero-order chi connectivity index (χ0) is 11.2. The minimum absolute atomic E-state index is 0.110. The first-order valence-electron chi connectivity index (χ1n) is 5.72. The number of nitrogens with zero attached hydrogens (tertiary/aromatic N) is 3. The summed E-state index contributed by atoms with van der Waals surface area (Å²) in [4.78, 5) is 2.88. The molecule has 0 unspecified atom stereocenters. The fourth-order valence-corrected chi connectivity index (χ4v) is 2.18. The minimum Gasteiger partial charge on any atom is -0.310 e. The van der Waals surface area contributed by atoms with Gasteiger partial charge in [0.05, 0.1) is 0 Å². The van der Waals surface area contributed by atoms with Gasteiger partial charge in [-0.3, -0.25) is 0 Å². The Labute approximate surface area is 95.3 Å². The van der Waals surface area contributed by atoms with E-state index in [1.807, 2.05) is 6.07 Å². The molecule has 0 aromatic heterocycles. The molecule has 0 aliphatic carbocycles. The lowest BCUT2D eigenvalue weighted by atomic mass is 10.0. The fourth-order valence-electron chi connectivity index (χ4n) is 2.18. The van der Waals surface area contributed by atoms with Crippen LogP contribution in [0.15, 0.2) is 35.4 Å². The molecule has 0 radical (unpaired) electrons. The molecule has 0 spiro atoms. The first-order valence-corrected chi connectivity index (χ1v) is 5.72. The smallest absolute Gasteiger partial charge is 0.0499 e. The number of nitrogens with one attached hydrogen (secondary N) is 1. The van der Waals surface area contributed by atoms with Crippen LogP contribution in [0, 0.1) is 0 Å². The number of benzene rings is 1. The maximum Gasteiger partial charge on any atom is 0.0499 e. The Morgan fingerprint density at radius 3 is 2.81 bits per heavy atom. The second kappa shape index (κ2) is 5.54. The van der Waals surface area contributed by atoms with Crippen LogP contribution in [-0.2, 0) is 0 Å². The van der Waals surface area contributed by atoms with Gasteiger partial charge in [-0.2, -0.15) is 0 Å². The van der Waals surface area contributed by atoms with Crippen LogP contribution in [0.4, 0.5) is 0 Å². The van der Waals surface area contributed by atoms with E-state index in [2.05, 4.69) is 39.6 Å². The highest BCUT2D eigenvalue weighted by atomic mass is 15.2. The van der Waals surface area contributed by atoms with E-state index in [0.717, 1.165) is 25.8 Å². The second-order valence-electron chi connectivity index (χ2n) is 4.16. The molecule has 4 nitrogen and oxygen atoms in total. The lowest BCUT2D eigenvalue weighted by Crippen LogP contribution is -2.26. The van der Waals surface area contributed by atoms with Crippen molar-refractivity contribution in [3.8, 4) is 0 Å². The molecule has 1 aromatic rings. The summed E-state index contributed by atoms with van der Waals surface area (Å²) >= 11 is 0. The van der Waals surface area contributed by atoms with Gasteiger partial charge >= 0.3 is 0 Å². The van der Waals surface area contributed by atoms with Gasteiger partial charge in [-0.15, -0.1) is 0 Å². The molecule has 0 saturated carbocycles. The highest BCUT2D eigenvalue weighted by molar-refractivity contribution is 5.19. The first kappa shape index (κ1) is 11.0. The average Bonchev–Trinajstić information content (AvgIpc) is 2.57. The summed E-state index contributed by atoms with van der Waals surface area (Å²) in [5, 5.41) is 7.26. The lowest BCUT2D eigenvalue weighted by Gasteiger charge is -2.16. The Morgan fingerprint density at radius 1 is 1.25 bits per heavy atom. The van der Waals surface area contributed by atoms with Gasteiger partial charge in [0.1, 0.15) is 0 Å². The summed E-state index contributed by atoms with van der Waals surface area (Å²) in [7, 11) is 0. The molecule has 0 bridgehead atoms. The van der Waals surface area contributed by atoms with Gasteiger partial charge < -0.3 is 5.32 Å². The largest absolute Gasteiger partial charge is 0.310 e. The van der Waals surface area contributed by atoms with E-state index in [-0.39, 0.29) is 6.04 Å². The standard InChI is InChI=1S/C12H16N4/c13-16-15-11-7-4-8-12(14-9-11)10-5-2-1-3-6-10/h1-3,5-6,11-12,14H,4,7-9H2/t11-,12-/m0/s1. The van der Waals surface area contributed by atoms with Gasteiger partial charge in [-0.05, 0) is 23.9 Å². The quantitative estimate of drug-likeness (QED) is 0.460. The summed E-state index contributed by atoms with van der Waals surface area (Å²) in [6.07, 6.45) is 3.21. The van der Waals surface area contributed by atoms with Gasteiger partial charge in [0.2, 0.25) is 0 Å². The fraction of sp³-hybridized carbons (Fsp3) is 0.500. The van der Waals surface area contributed by atoms with Crippen LogP contribution < -0.4 is 5.32 Å². The molecular weight excluding hydrogens is 200 g/mol. The number of hydrogen-bond donors (Lipinski definition) is 1. The molecule has 2 rings (SSSR count). The second-order valence-corrected chi connectivity index (χ2v) is 4.16. The summed E-state index contributed by atoms with van der Waals surface area (Å²) in [6.45, 7) is 0.781. The normalized spacial score (nSPS) is 25.5. The van der Waals surface area contributed by atoms with E-state index < -0.39 is 0 Å². The van der Waals surface area contributed by atoms with Crippen molar-refractivity contribution in [2.45, 2.75) is 31.3 Å². The van der Waals surface area contributed by atoms with Crippen molar-refractivity contribution in [3.63, 3.8) is 0 Å². The summed E-state index contributed by atoms with van der Waals surface area (Å²) < 4.78 is 0. The molecular formula is C12H16N4. The average molecular weight is 216 g/mol. The molecule has 2 atom stereocenters. The van der Waals surface area contributed by atoms with Crippen molar-refractivity contribution < 1.29 is 0 Å². The van der Waals surface area contributed by atoms with Crippen LogP contribution in [0.5, 0.6) is 0 Å². The molecule has 1 aliphatic rings. The van der Waals surface area contributed by atoms with E-state index >= 15 is 0 Å². The molecule has 1 aliphatic heterocycles.